The third-order valence-electron chi connectivity index (χ3n) is 3.18. The maximum atomic E-state index is 12.3. The number of rotatable bonds is 8. The Bertz CT molecular complexity index is 596. The fourth-order valence-electron chi connectivity index (χ4n) is 2.09. The Morgan fingerprint density at radius 1 is 1.27 bits per heavy atom. The van der Waals surface area contributed by atoms with Crippen LogP contribution in [-0.2, 0) is 0 Å². The first kappa shape index (κ1) is 16.5. The quantitative estimate of drug-likeness (QED) is 0.734. The molecule has 0 atom stereocenters. The number of carbonyl (C=O) groups excluding carboxylic acids is 1. The molecule has 2 rings (SSSR count). The summed E-state index contributed by atoms with van der Waals surface area (Å²) in [5, 5.41) is 2.93. The molecule has 2 aromatic rings. The average molecular weight is 318 g/mol. The Kier molecular flexibility index (Phi) is 6.43. The number of nitrogens with one attached hydrogen (secondary N) is 1. The number of thiophene rings is 1. The lowest BCUT2D eigenvalue weighted by atomic mass is 10.2. The topological polar surface area (TPSA) is 64.3 Å². The molecule has 3 N–H and O–H groups in total. The Hall–Kier alpha value is -1.85. The van der Waals surface area contributed by atoms with Crippen LogP contribution in [0.4, 0.5) is 0 Å². The van der Waals surface area contributed by atoms with Crippen LogP contribution >= 0.6 is 11.3 Å². The van der Waals surface area contributed by atoms with E-state index >= 15 is 0 Å². The third kappa shape index (κ3) is 4.32. The number of unbranched alkanes of at least 4 members (excludes halogenated alkanes) is 1. The number of amides is 1. The predicted octanol–water partition coefficient (Wildman–Crippen LogP) is 3.28. The van der Waals surface area contributed by atoms with Gasteiger partial charge in [0.25, 0.3) is 5.91 Å². The van der Waals surface area contributed by atoms with Gasteiger partial charge in [-0.3, -0.25) is 4.79 Å². The lowest BCUT2D eigenvalue weighted by Crippen LogP contribution is -2.24. The second kappa shape index (κ2) is 8.56. The van der Waals surface area contributed by atoms with E-state index in [1.165, 1.54) is 11.3 Å². The van der Waals surface area contributed by atoms with Crippen LogP contribution in [0.15, 0.2) is 36.4 Å². The van der Waals surface area contributed by atoms with E-state index in [9.17, 15) is 4.79 Å². The molecule has 1 aromatic carbocycles. The van der Waals surface area contributed by atoms with E-state index in [0.717, 1.165) is 23.3 Å². The monoisotopic (exact) mass is 318 g/mol. The molecule has 0 saturated carbocycles. The van der Waals surface area contributed by atoms with Crippen LogP contribution in [0.1, 0.15) is 29.4 Å². The maximum absolute atomic E-state index is 12.3. The predicted molar refractivity (Wildman–Crippen MR) is 91.5 cm³/mol. The molecule has 1 amide bonds. The first-order valence-corrected chi connectivity index (χ1v) is 8.38. The number of benzene rings is 1. The molecule has 0 spiro atoms. The van der Waals surface area contributed by atoms with Crippen molar-refractivity contribution in [2.45, 2.75) is 19.8 Å². The molecule has 118 valence electrons. The summed E-state index contributed by atoms with van der Waals surface area (Å²) in [5.74, 6) is 0.579. The van der Waals surface area contributed by atoms with Crippen LogP contribution in [0.5, 0.6) is 5.75 Å². The van der Waals surface area contributed by atoms with Crippen LogP contribution in [0.25, 0.3) is 10.4 Å². The molecule has 5 heteroatoms. The summed E-state index contributed by atoms with van der Waals surface area (Å²) in [6, 6.07) is 12.0. The summed E-state index contributed by atoms with van der Waals surface area (Å²) >= 11 is 1.46. The Labute approximate surface area is 135 Å². The smallest absolute Gasteiger partial charge is 0.265 e. The molecule has 4 nitrogen and oxygen atoms in total. The van der Waals surface area contributed by atoms with Crippen molar-refractivity contribution in [1.82, 2.24) is 5.32 Å². The lowest BCUT2D eigenvalue weighted by Gasteiger charge is -2.05. The van der Waals surface area contributed by atoms with Crippen molar-refractivity contribution in [2.75, 3.05) is 19.7 Å². The molecule has 22 heavy (non-hydrogen) atoms. The van der Waals surface area contributed by atoms with Crippen molar-refractivity contribution in [1.29, 1.82) is 0 Å². The van der Waals surface area contributed by atoms with Gasteiger partial charge in [0.15, 0.2) is 0 Å². The highest BCUT2D eigenvalue weighted by molar-refractivity contribution is 7.17. The number of hydrogen-bond acceptors (Lipinski definition) is 4. The van der Waals surface area contributed by atoms with Gasteiger partial charge in [-0.1, -0.05) is 30.3 Å². The summed E-state index contributed by atoms with van der Waals surface area (Å²) in [4.78, 5) is 14.0. The van der Waals surface area contributed by atoms with Crippen molar-refractivity contribution >= 4 is 17.2 Å². The van der Waals surface area contributed by atoms with E-state index in [1.54, 1.807) is 0 Å². The number of carbonyl (C=O) groups is 1. The van der Waals surface area contributed by atoms with E-state index in [2.05, 4.69) is 5.32 Å². The molecule has 0 aliphatic heterocycles. The van der Waals surface area contributed by atoms with Crippen molar-refractivity contribution in [3.63, 3.8) is 0 Å². The molecule has 0 fully saturated rings. The van der Waals surface area contributed by atoms with Crippen LogP contribution in [0.2, 0.25) is 0 Å². The molecule has 0 saturated heterocycles. The van der Waals surface area contributed by atoms with Gasteiger partial charge in [-0.15, -0.1) is 11.3 Å². The third-order valence-corrected chi connectivity index (χ3v) is 4.34. The second-order valence-corrected chi connectivity index (χ2v) is 5.91. The van der Waals surface area contributed by atoms with Crippen LogP contribution in [0.3, 0.4) is 0 Å². The molecule has 1 heterocycles. The molecular weight excluding hydrogens is 296 g/mol. The summed E-state index contributed by atoms with van der Waals surface area (Å²) in [6.45, 7) is 3.75. The van der Waals surface area contributed by atoms with E-state index in [-0.39, 0.29) is 5.91 Å². The van der Waals surface area contributed by atoms with Gasteiger partial charge in [0.2, 0.25) is 0 Å². The summed E-state index contributed by atoms with van der Waals surface area (Å²) < 4.78 is 5.62. The molecule has 0 unspecified atom stereocenters. The van der Waals surface area contributed by atoms with Crippen molar-refractivity contribution in [3.8, 4) is 16.2 Å². The van der Waals surface area contributed by atoms with Crippen molar-refractivity contribution in [3.05, 3.63) is 41.3 Å². The van der Waals surface area contributed by atoms with Gasteiger partial charge >= 0.3 is 0 Å². The highest BCUT2D eigenvalue weighted by Crippen LogP contribution is 2.36. The highest BCUT2D eigenvalue weighted by atomic mass is 32.1. The zero-order valence-electron chi connectivity index (χ0n) is 12.8. The van der Waals surface area contributed by atoms with Crippen LogP contribution in [-0.4, -0.2) is 25.6 Å². The maximum Gasteiger partial charge on any atom is 0.265 e. The van der Waals surface area contributed by atoms with E-state index < -0.39 is 0 Å². The molecule has 0 bridgehead atoms. The van der Waals surface area contributed by atoms with Gasteiger partial charge in [0.1, 0.15) is 10.6 Å². The average Bonchev–Trinajstić information content (AvgIpc) is 2.97. The van der Waals surface area contributed by atoms with E-state index in [4.69, 9.17) is 10.5 Å². The zero-order valence-corrected chi connectivity index (χ0v) is 13.6. The van der Waals surface area contributed by atoms with E-state index in [0.29, 0.717) is 30.3 Å². The first-order valence-electron chi connectivity index (χ1n) is 7.56. The number of hydrogen-bond donors (Lipinski definition) is 2. The standard InChI is InChI=1S/C17H22N2O2S/c1-2-21-14-12-15(13-8-4-3-5-9-13)22-16(14)17(20)19-11-7-6-10-18/h3-5,8-9,12H,2,6-7,10-11,18H2,1H3,(H,19,20). The first-order chi connectivity index (χ1) is 10.8. The molecule has 1 aromatic heterocycles. The Morgan fingerprint density at radius 2 is 2.05 bits per heavy atom. The van der Waals surface area contributed by atoms with Crippen LogP contribution < -0.4 is 15.8 Å². The summed E-state index contributed by atoms with van der Waals surface area (Å²) in [6.07, 6.45) is 1.81. The van der Waals surface area contributed by atoms with Gasteiger partial charge < -0.3 is 15.8 Å². The van der Waals surface area contributed by atoms with Gasteiger partial charge in [0, 0.05) is 11.4 Å². The van der Waals surface area contributed by atoms with Gasteiger partial charge in [0.05, 0.1) is 6.61 Å². The molecule has 0 aliphatic carbocycles. The van der Waals surface area contributed by atoms with Crippen molar-refractivity contribution < 1.29 is 9.53 Å². The lowest BCUT2D eigenvalue weighted by molar-refractivity contribution is 0.0953. The minimum Gasteiger partial charge on any atom is -0.492 e. The fourth-order valence-corrected chi connectivity index (χ4v) is 3.11. The van der Waals surface area contributed by atoms with Gasteiger partial charge in [-0.25, -0.2) is 0 Å². The second-order valence-electron chi connectivity index (χ2n) is 4.85. The minimum absolute atomic E-state index is 0.0762. The Morgan fingerprint density at radius 3 is 2.73 bits per heavy atom. The molecule has 0 aliphatic rings. The largest absolute Gasteiger partial charge is 0.492 e. The van der Waals surface area contributed by atoms with Crippen molar-refractivity contribution in [2.24, 2.45) is 5.73 Å². The fraction of sp³-hybridized carbons (Fsp3) is 0.353. The molecular formula is C17H22N2O2S. The molecule has 0 radical (unpaired) electrons. The van der Waals surface area contributed by atoms with Gasteiger partial charge in [-0.2, -0.15) is 0 Å². The van der Waals surface area contributed by atoms with Gasteiger partial charge in [-0.05, 0) is 37.9 Å². The normalized spacial score (nSPS) is 10.5. The zero-order chi connectivity index (χ0) is 15.8. The SMILES string of the molecule is CCOc1cc(-c2ccccc2)sc1C(=O)NCCCCN. The van der Waals surface area contributed by atoms with Crippen LogP contribution in [0, 0.1) is 0 Å². The summed E-state index contributed by atoms with van der Waals surface area (Å²) in [7, 11) is 0. The summed E-state index contributed by atoms with van der Waals surface area (Å²) in [5.41, 5.74) is 6.55. The minimum atomic E-state index is -0.0762. The Balaban J connectivity index is 2.15. The van der Waals surface area contributed by atoms with E-state index in [1.807, 2.05) is 43.3 Å². The highest BCUT2D eigenvalue weighted by Gasteiger charge is 2.17. The number of ether oxygens (including phenoxy) is 1. The number of nitrogens with two attached hydrogens (primary N) is 1.